The van der Waals surface area contributed by atoms with Crippen molar-refractivity contribution in [1.29, 1.82) is 0 Å². The van der Waals surface area contributed by atoms with Gasteiger partial charge in [-0.05, 0) is 50.5 Å². The molecule has 0 bridgehead atoms. The fourth-order valence-corrected chi connectivity index (χ4v) is 3.54. The lowest BCUT2D eigenvalue weighted by Crippen LogP contribution is -2.43. The molecule has 17 heavy (non-hydrogen) atoms. The van der Waals surface area contributed by atoms with Gasteiger partial charge >= 0.3 is 0 Å². The molecule has 0 aromatic rings. The molecule has 100 valence electrons. The van der Waals surface area contributed by atoms with Crippen molar-refractivity contribution < 1.29 is 0 Å². The van der Waals surface area contributed by atoms with Crippen molar-refractivity contribution in [3.63, 3.8) is 0 Å². The smallest absolute Gasteiger partial charge is 0.00964 e. The number of hydrogen-bond donors (Lipinski definition) is 1. The Balaban J connectivity index is 1.83. The predicted molar refractivity (Wildman–Crippen MR) is 74.0 cm³/mol. The topological polar surface area (TPSA) is 29.3 Å². The third kappa shape index (κ3) is 3.69. The van der Waals surface area contributed by atoms with Gasteiger partial charge < -0.3 is 10.6 Å². The molecule has 0 heterocycles. The Bertz CT molecular complexity index is 225. The molecule has 0 amide bonds. The van der Waals surface area contributed by atoms with Gasteiger partial charge in [0.1, 0.15) is 0 Å². The van der Waals surface area contributed by atoms with Gasteiger partial charge in [0.05, 0.1) is 0 Å². The lowest BCUT2D eigenvalue weighted by molar-refractivity contribution is 0.151. The molecule has 2 heteroatoms. The van der Waals surface area contributed by atoms with Crippen molar-refractivity contribution in [2.45, 2.75) is 70.9 Å². The van der Waals surface area contributed by atoms with Gasteiger partial charge in [-0.25, -0.2) is 0 Å². The Morgan fingerprint density at radius 1 is 1.12 bits per heavy atom. The maximum Gasteiger partial charge on any atom is 0.00964 e. The average molecular weight is 238 g/mol. The summed E-state index contributed by atoms with van der Waals surface area (Å²) in [5.74, 6) is 1.73. The van der Waals surface area contributed by atoms with Crippen molar-refractivity contribution in [3.8, 4) is 0 Å². The summed E-state index contributed by atoms with van der Waals surface area (Å²) in [5.41, 5.74) is 6.33. The minimum absolute atomic E-state index is 0.468. The molecule has 2 N–H and O–H groups in total. The van der Waals surface area contributed by atoms with E-state index in [2.05, 4.69) is 18.7 Å². The Labute approximate surface area is 107 Å². The van der Waals surface area contributed by atoms with E-state index in [1.54, 1.807) is 0 Å². The number of nitrogens with zero attached hydrogens (tertiary/aromatic N) is 1. The fraction of sp³-hybridized carbons (Fsp3) is 1.00. The van der Waals surface area contributed by atoms with E-state index in [0.29, 0.717) is 6.04 Å². The summed E-state index contributed by atoms with van der Waals surface area (Å²) in [7, 11) is 0. The van der Waals surface area contributed by atoms with Gasteiger partial charge in [-0.15, -0.1) is 0 Å². The van der Waals surface area contributed by atoms with Crippen LogP contribution in [-0.4, -0.2) is 30.1 Å². The van der Waals surface area contributed by atoms with Crippen LogP contribution in [0, 0.1) is 11.8 Å². The molecule has 0 aromatic carbocycles. The molecule has 2 saturated carbocycles. The van der Waals surface area contributed by atoms with Crippen LogP contribution in [0.4, 0.5) is 0 Å². The highest BCUT2D eigenvalue weighted by atomic mass is 15.2. The van der Waals surface area contributed by atoms with Crippen LogP contribution in [-0.2, 0) is 0 Å². The van der Waals surface area contributed by atoms with Crippen LogP contribution < -0.4 is 5.73 Å². The molecular formula is C15H30N2. The first kappa shape index (κ1) is 13.4. The fourth-order valence-electron chi connectivity index (χ4n) is 3.54. The molecule has 0 spiro atoms. The normalized spacial score (nSPS) is 34.2. The molecule has 3 unspecified atom stereocenters. The average Bonchev–Trinajstić information content (AvgIpc) is 3.14. The van der Waals surface area contributed by atoms with Gasteiger partial charge in [0.25, 0.3) is 0 Å². The van der Waals surface area contributed by atoms with Crippen LogP contribution in [0.25, 0.3) is 0 Å². The van der Waals surface area contributed by atoms with Crippen molar-refractivity contribution in [1.82, 2.24) is 4.90 Å². The summed E-state index contributed by atoms with van der Waals surface area (Å²) in [6.07, 6.45) is 9.63. The zero-order valence-electron chi connectivity index (χ0n) is 11.7. The predicted octanol–water partition coefficient (Wildman–Crippen LogP) is 3.01. The SMILES string of the molecule is CCCC1CCC(N)C(CN(CC)C2CC2)C1. The minimum Gasteiger partial charge on any atom is -0.327 e. The van der Waals surface area contributed by atoms with E-state index in [-0.39, 0.29) is 0 Å². The Morgan fingerprint density at radius 2 is 1.88 bits per heavy atom. The second-order valence-electron chi connectivity index (χ2n) is 6.21. The number of hydrogen-bond acceptors (Lipinski definition) is 2. The molecule has 2 aliphatic rings. The first-order valence-electron chi connectivity index (χ1n) is 7.74. The van der Waals surface area contributed by atoms with Crippen LogP contribution in [0.2, 0.25) is 0 Å². The second-order valence-corrected chi connectivity index (χ2v) is 6.21. The number of rotatable bonds is 6. The molecule has 3 atom stereocenters. The largest absolute Gasteiger partial charge is 0.327 e. The zero-order valence-corrected chi connectivity index (χ0v) is 11.7. The van der Waals surface area contributed by atoms with Crippen molar-refractivity contribution >= 4 is 0 Å². The minimum atomic E-state index is 0.468. The van der Waals surface area contributed by atoms with Gasteiger partial charge in [-0.3, -0.25) is 0 Å². The summed E-state index contributed by atoms with van der Waals surface area (Å²) in [4.78, 5) is 2.68. The first-order chi connectivity index (χ1) is 8.24. The molecule has 0 aliphatic heterocycles. The molecule has 0 radical (unpaired) electrons. The third-order valence-corrected chi connectivity index (χ3v) is 4.79. The second kappa shape index (κ2) is 6.19. The van der Waals surface area contributed by atoms with Crippen LogP contribution in [0.3, 0.4) is 0 Å². The van der Waals surface area contributed by atoms with E-state index >= 15 is 0 Å². The lowest BCUT2D eigenvalue weighted by Gasteiger charge is -2.37. The maximum atomic E-state index is 6.33. The lowest BCUT2D eigenvalue weighted by atomic mass is 9.76. The summed E-state index contributed by atoms with van der Waals surface area (Å²) in [6.45, 7) is 7.09. The highest BCUT2D eigenvalue weighted by molar-refractivity contribution is 4.89. The first-order valence-corrected chi connectivity index (χ1v) is 7.74. The van der Waals surface area contributed by atoms with Gasteiger partial charge in [-0.1, -0.05) is 26.7 Å². The van der Waals surface area contributed by atoms with Crippen molar-refractivity contribution in [2.24, 2.45) is 17.6 Å². The Hall–Kier alpha value is -0.0800. The summed E-state index contributed by atoms with van der Waals surface area (Å²) >= 11 is 0. The number of nitrogens with two attached hydrogens (primary N) is 1. The monoisotopic (exact) mass is 238 g/mol. The summed E-state index contributed by atoms with van der Waals surface area (Å²) in [5, 5.41) is 0. The Morgan fingerprint density at radius 3 is 2.47 bits per heavy atom. The van der Waals surface area contributed by atoms with Gasteiger partial charge in [0, 0.05) is 18.6 Å². The maximum absolute atomic E-state index is 6.33. The van der Waals surface area contributed by atoms with Crippen LogP contribution in [0.5, 0.6) is 0 Å². The zero-order chi connectivity index (χ0) is 12.3. The van der Waals surface area contributed by atoms with Crippen molar-refractivity contribution in [3.05, 3.63) is 0 Å². The highest BCUT2D eigenvalue weighted by Gasteiger charge is 2.33. The van der Waals surface area contributed by atoms with E-state index in [4.69, 9.17) is 5.73 Å². The third-order valence-electron chi connectivity index (χ3n) is 4.79. The molecule has 2 aliphatic carbocycles. The van der Waals surface area contributed by atoms with Gasteiger partial charge in [0.2, 0.25) is 0 Å². The quantitative estimate of drug-likeness (QED) is 0.771. The molecule has 0 aromatic heterocycles. The van der Waals surface area contributed by atoms with E-state index in [1.165, 1.54) is 58.0 Å². The van der Waals surface area contributed by atoms with Gasteiger partial charge in [0.15, 0.2) is 0 Å². The summed E-state index contributed by atoms with van der Waals surface area (Å²) < 4.78 is 0. The Kier molecular flexibility index (Phi) is 4.87. The molecule has 2 rings (SSSR count). The van der Waals surface area contributed by atoms with E-state index in [0.717, 1.165) is 17.9 Å². The van der Waals surface area contributed by atoms with E-state index in [1.807, 2.05) is 0 Å². The molecular weight excluding hydrogens is 208 g/mol. The standard InChI is InChI=1S/C15H30N2/c1-3-5-12-6-9-15(16)13(10-12)11-17(4-2)14-7-8-14/h12-15H,3-11,16H2,1-2H3. The summed E-state index contributed by atoms with van der Waals surface area (Å²) in [6, 6.07) is 1.37. The van der Waals surface area contributed by atoms with Gasteiger partial charge in [-0.2, -0.15) is 0 Å². The van der Waals surface area contributed by atoms with Crippen LogP contribution in [0.15, 0.2) is 0 Å². The van der Waals surface area contributed by atoms with Crippen LogP contribution in [0.1, 0.15) is 58.8 Å². The molecule has 2 fully saturated rings. The van der Waals surface area contributed by atoms with E-state index < -0.39 is 0 Å². The van der Waals surface area contributed by atoms with Crippen molar-refractivity contribution in [2.75, 3.05) is 13.1 Å². The molecule has 0 saturated heterocycles. The molecule has 2 nitrogen and oxygen atoms in total. The highest BCUT2D eigenvalue weighted by Crippen LogP contribution is 2.34. The van der Waals surface area contributed by atoms with E-state index in [9.17, 15) is 0 Å². The van der Waals surface area contributed by atoms with Crippen LogP contribution >= 0.6 is 0 Å².